The maximum absolute atomic E-state index is 12.9. The first-order valence-electron chi connectivity index (χ1n) is 10.8. The Kier molecular flexibility index (Phi) is 8.92. The van der Waals surface area contributed by atoms with Crippen LogP contribution in [0.25, 0.3) is 0 Å². The molecule has 11 heteroatoms. The molecule has 1 aromatic rings. The fourth-order valence-corrected chi connectivity index (χ4v) is 6.23. The number of thiocarbonyl (C=S) groups is 1. The van der Waals surface area contributed by atoms with Crippen molar-refractivity contribution in [3.05, 3.63) is 23.8 Å². The van der Waals surface area contributed by atoms with Crippen molar-refractivity contribution in [1.82, 2.24) is 9.21 Å². The van der Waals surface area contributed by atoms with E-state index in [9.17, 15) is 18.0 Å². The Morgan fingerprint density at radius 1 is 1.09 bits per heavy atom. The van der Waals surface area contributed by atoms with Crippen molar-refractivity contribution in [2.75, 3.05) is 43.9 Å². The van der Waals surface area contributed by atoms with Crippen LogP contribution in [0.2, 0.25) is 0 Å². The molecular weight excluding hydrogens is 470 g/mol. The van der Waals surface area contributed by atoms with E-state index in [0.717, 1.165) is 45.2 Å². The van der Waals surface area contributed by atoms with Crippen molar-refractivity contribution < 1.29 is 22.7 Å². The minimum Gasteiger partial charge on any atom is -0.455 e. The van der Waals surface area contributed by atoms with Crippen LogP contribution in [0.15, 0.2) is 23.1 Å². The molecule has 0 radical (unpaired) electrons. The number of amides is 1. The molecule has 176 valence electrons. The van der Waals surface area contributed by atoms with Crippen molar-refractivity contribution in [2.45, 2.75) is 43.9 Å². The number of aryl methyl sites for hydroxylation is 1. The Labute approximate surface area is 199 Å². The van der Waals surface area contributed by atoms with E-state index >= 15 is 0 Å². The maximum atomic E-state index is 12.9. The second kappa shape index (κ2) is 11.4. The number of rotatable bonds is 7. The molecule has 0 saturated carbocycles. The van der Waals surface area contributed by atoms with Gasteiger partial charge in [-0.05, 0) is 50.3 Å². The van der Waals surface area contributed by atoms with Gasteiger partial charge < -0.3 is 15.0 Å². The third-order valence-electron chi connectivity index (χ3n) is 5.48. The summed E-state index contributed by atoms with van der Waals surface area (Å²) in [4.78, 5) is 26.5. The fraction of sp³-hybridized carbons (Fsp3) is 0.571. The molecule has 1 aromatic carbocycles. The van der Waals surface area contributed by atoms with Gasteiger partial charge in [-0.3, -0.25) is 9.59 Å². The van der Waals surface area contributed by atoms with E-state index in [1.807, 2.05) is 0 Å². The van der Waals surface area contributed by atoms with E-state index in [1.165, 1.54) is 22.1 Å². The first kappa shape index (κ1) is 24.9. The number of carbonyl (C=O) groups excluding carboxylic acids is 2. The van der Waals surface area contributed by atoms with E-state index in [-0.39, 0.29) is 10.6 Å². The molecule has 1 amide bonds. The number of benzene rings is 1. The van der Waals surface area contributed by atoms with E-state index < -0.39 is 28.5 Å². The molecule has 0 aromatic heterocycles. The average molecular weight is 500 g/mol. The number of nitrogens with zero attached hydrogens (tertiary/aromatic N) is 2. The lowest BCUT2D eigenvalue weighted by atomic mass is 10.2. The lowest BCUT2D eigenvalue weighted by molar-refractivity contribution is -0.144. The highest BCUT2D eigenvalue weighted by Gasteiger charge is 2.26. The first-order valence-corrected chi connectivity index (χ1v) is 13.6. The number of likely N-dealkylation sites (tertiary alicyclic amines) is 1. The van der Waals surface area contributed by atoms with Gasteiger partial charge in [0.25, 0.3) is 5.91 Å². The standard InChI is InChI=1S/C21H29N3O5S3/c1-16-7-8-17(32(27,28)24-11-3-2-4-12-24)13-18(16)22-19(25)14-29-20(26)15-31-21(30)23-9-5-6-10-23/h7-8,13H,2-6,9-12,14-15H2,1H3,(H,22,25). The zero-order valence-electron chi connectivity index (χ0n) is 18.2. The SMILES string of the molecule is Cc1ccc(S(=O)(=O)N2CCCCC2)cc1NC(=O)COC(=O)CSC(=S)N1CCCC1. The van der Waals surface area contributed by atoms with E-state index in [1.54, 1.807) is 19.1 Å². The number of sulfonamides is 1. The Balaban J connectivity index is 1.51. The van der Waals surface area contributed by atoms with Crippen molar-refractivity contribution in [3.63, 3.8) is 0 Å². The molecule has 32 heavy (non-hydrogen) atoms. The summed E-state index contributed by atoms with van der Waals surface area (Å²) in [5.41, 5.74) is 1.10. The minimum atomic E-state index is -3.61. The lowest BCUT2D eigenvalue weighted by Crippen LogP contribution is -2.35. The van der Waals surface area contributed by atoms with Crippen molar-refractivity contribution in [3.8, 4) is 0 Å². The molecule has 1 N–H and O–H groups in total. The van der Waals surface area contributed by atoms with Crippen LogP contribution < -0.4 is 5.32 Å². The highest BCUT2D eigenvalue weighted by molar-refractivity contribution is 8.23. The molecule has 0 unspecified atom stereocenters. The summed E-state index contributed by atoms with van der Waals surface area (Å²) in [6.07, 6.45) is 4.93. The van der Waals surface area contributed by atoms with Gasteiger partial charge in [0.05, 0.1) is 10.6 Å². The Hall–Kier alpha value is -1.69. The topological polar surface area (TPSA) is 96.0 Å². The molecule has 2 heterocycles. The van der Waals surface area contributed by atoms with Crippen LogP contribution >= 0.6 is 24.0 Å². The number of anilines is 1. The van der Waals surface area contributed by atoms with Gasteiger partial charge in [0, 0.05) is 31.9 Å². The van der Waals surface area contributed by atoms with Crippen LogP contribution in [0.4, 0.5) is 5.69 Å². The summed E-state index contributed by atoms with van der Waals surface area (Å²) in [6, 6.07) is 4.67. The van der Waals surface area contributed by atoms with Crippen LogP contribution in [-0.2, 0) is 24.3 Å². The predicted octanol–water partition coefficient (Wildman–Crippen LogP) is 2.77. The summed E-state index contributed by atoms with van der Waals surface area (Å²) in [7, 11) is -3.61. The number of hydrogen-bond acceptors (Lipinski definition) is 7. The first-order chi connectivity index (χ1) is 15.3. The smallest absolute Gasteiger partial charge is 0.316 e. The molecule has 0 bridgehead atoms. The third-order valence-corrected chi connectivity index (χ3v) is 8.87. The summed E-state index contributed by atoms with van der Waals surface area (Å²) in [5.74, 6) is -1.00. The minimum absolute atomic E-state index is 0.0468. The van der Waals surface area contributed by atoms with Crippen molar-refractivity contribution in [2.24, 2.45) is 0 Å². The zero-order valence-corrected chi connectivity index (χ0v) is 20.6. The number of piperidine rings is 1. The van der Waals surface area contributed by atoms with Gasteiger partial charge in [0.1, 0.15) is 4.32 Å². The van der Waals surface area contributed by atoms with Crippen molar-refractivity contribution >= 4 is 55.9 Å². The monoisotopic (exact) mass is 499 g/mol. The fourth-order valence-electron chi connectivity index (χ4n) is 3.64. The Morgan fingerprint density at radius 3 is 2.44 bits per heavy atom. The van der Waals surface area contributed by atoms with E-state index in [0.29, 0.717) is 28.7 Å². The van der Waals surface area contributed by atoms with Crippen molar-refractivity contribution in [1.29, 1.82) is 0 Å². The van der Waals surface area contributed by atoms with E-state index in [4.69, 9.17) is 17.0 Å². The van der Waals surface area contributed by atoms with Gasteiger partial charge in [0.2, 0.25) is 10.0 Å². The van der Waals surface area contributed by atoms with Gasteiger partial charge in [0.15, 0.2) is 6.61 Å². The second-order valence-electron chi connectivity index (χ2n) is 7.90. The van der Waals surface area contributed by atoms with Crippen LogP contribution in [0.3, 0.4) is 0 Å². The normalized spacial score (nSPS) is 17.2. The molecule has 8 nitrogen and oxygen atoms in total. The largest absolute Gasteiger partial charge is 0.455 e. The molecule has 0 aliphatic carbocycles. The molecule has 2 saturated heterocycles. The van der Waals surface area contributed by atoms with E-state index in [2.05, 4.69) is 10.2 Å². The number of carbonyl (C=O) groups is 2. The third kappa shape index (κ3) is 6.66. The van der Waals surface area contributed by atoms with Gasteiger partial charge in [-0.1, -0.05) is 36.5 Å². The highest BCUT2D eigenvalue weighted by Crippen LogP contribution is 2.25. The number of esters is 1. The van der Waals surface area contributed by atoms with Gasteiger partial charge in [-0.15, -0.1) is 0 Å². The lowest BCUT2D eigenvalue weighted by Gasteiger charge is -2.26. The van der Waals surface area contributed by atoms with Crippen LogP contribution in [0.1, 0.15) is 37.7 Å². The zero-order chi connectivity index (χ0) is 23.1. The average Bonchev–Trinajstić information content (AvgIpc) is 3.33. The number of hydrogen-bond donors (Lipinski definition) is 1. The van der Waals surface area contributed by atoms with Crippen LogP contribution in [-0.4, -0.2) is 72.4 Å². The predicted molar refractivity (Wildman–Crippen MR) is 129 cm³/mol. The quantitative estimate of drug-likeness (QED) is 0.452. The number of nitrogens with one attached hydrogen (secondary N) is 1. The summed E-state index contributed by atoms with van der Waals surface area (Å²) < 4.78 is 33.0. The van der Waals surface area contributed by atoms with Crippen LogP contribution in [0, 0.1) is 6.92 Å². The summed E-state index contributed by atoms with van der Waals surface area (Å²) in [5, 5.41) is 2.65. The molecule has 0 spiro atoms. The van der Waals surface area contributed by atoms with Gasteiger partial charge in [-0.25, -0.2) is 8.42 Å². The second-order valence-corrected chi connectivity index (χ2v) is 11.4. The molecule has 2 aliphatic heterocycles. The molecule has 3 rings (SSSR count). The number of ether oxygens (including phenoxy) is 1. The molecular formula is C21H29N3O5S3. The highest BCUT2D eigenvalue weighted by atomic mass is 32.2. The van der Waals surface area contributed by atoms with Gasteiger partial charge in [-0.2, -0.15) is 4.31 Å². The summed E-state index contributed by atoms with van der Waals surface area (Å²) in [6.45, 7) is 4.16. The van der Waals surface area contributed by atoms with Gasteiger partial charge >= 0.3 is 5.97 Å². The molecule has 2 aliphatic rings. The maximum Gasteiger partial charge on any atom is 0.316 e. The molecule has 0 atom stereocenters. The molecule has 2 fully saturated rings. The Bertz CT molecular complexity index is 955. The Morgan fingerprint density at radius 2 is 1.75 bits per heavy atom. The summed E-state index contributed by atoms with van der Waals surface area (Å²) >= 11 is 6.55. The van der Waals surface area contributed by atoms with Crippen LogP contribution in [0.5, 0.6) is 0 Å². The number of thioether (sulfide) groups is 1.